The second-order valence-corrected chi connectivity index (χ2v) is 5.86. The molecular formula is C7H14BrNO3S. The average molecular weight is 272 g/mol. The number of hydrogen-bond acceptors (Lipinski definition) is 3. The molecule has 6 heteroatoms. The number of hydrogen-bond donors (Lipinski definition) is 0. The summed E-state index contributed by atoms with van der Waals surface area (Å²) in [6.07, 6.45) is 1.88. The summed E-state index contributed by atoms with van der Waals surface area (Å²) in [6.45, 7) is 0.583. The van der Waals surface area contributed by atoms with Gasteiger partial charge in [-0.3, -0.25) is 4.79 Å². The summed E-state index contributed by atoms with van der Waals surface area (Å²) in [5.74, 6) is -0.741. The van der Waals surface area contributed by atoms with E-state index in [9.17, 15) is 13.2 Å². The Morgan fingerprint density at radius 1 is 1.46 bits per heavy atom. The molecule has 0 aromatic carbocycles. The molecule has 0 heterocycles. The molecule has 78 valence electrons. The van der Waals surface area contributed by atoms with Crippen LogP contribution >= 0.6 is 15.9 Å². The molecule has 0 aliphatic heterocycles. The van der Waals surface area contributed by atoms with Gasteiger partial charge in [0.25, 0.3) is 0 Å². The zero-order valence-electron chi connectivity index (χ0n) is 7.79. The number of rotatable bonds is 5. The van der Waals surface area contributed by atoms with E-state index in [0.29, 0.717) is 6.54 Å². The second kappa shape index (κ2) is 5.59. The highest BCUT2D eigenvalue weighted by molar-refractivity contribution is 9.09. The molecule has 0 aromatic heterocycles. The molecule has 4 nitrogen and oxygen atoms in total. The molecule has 0 saturated carbocycles. The number of halogens is 1. The van der Waals surface area contributed by atoms with Gasteiger partial charge in [0.1, 0.15) is 5.75 Å². The highest BCUT2D eigenvalue weighted by atomic mass is 79.9. The lowest BCUT2D eigenvalue weighted by molar-refractivity contribution is -0.127. The first-order valence-electron chi connectivity index (χ1n) is 3.84. The van der Waals surface area contributed by atoms with Crippen molar-refractivity contribution >= 4 is 31.7 Å². The molecule has 0 aliphatic rings. The maximum absolute atomic E-state index is 11.2. The molecule has 0 fully saturated rings. The van der Waals surface area contributed by atoms with Crippen LogP contribution in [0.4, 0.5) is 0 Å². The molecule has 0 spiro atoms. The van der Waals surface area contributed by atoms with Crippen LogP contribution in [0, 0.1) is 0 Å². The molecule has 0 saturated heterocycles. The summed E-state index contributed by atoms with van der Waals surface area (Å²) >= 11 is 3.23. The van der Waals surface area contributed by atoms with Crippen molar-refractivity contribution < 1.29 is 13.2 Å². The van der Waals surface area contributed by atoms with Gasteiger partial charge in [-0.2, -0.15) is 0 Å². The van der Waals surface area contributed by atoms with Gasteiger partial charge in [-0.1, -0.05) is 15.9 Å². The van der Waals surface area contributed by atoms with Gasteiger partial charge in [0.15, 0.2) is 9.84 Å². The van der Waals surface area contributed by atoms with Crippen molar-refractivity contribution in [3.63, 3.8) is 0 Å². The zero-order chi connectivity index (χ0) is 10.5. The summed E-state index contributed by atoms with van der Waals surface area (Å²) in [4.78, 5) is 12.6. The Bertz CT molecular complexity index is 263. The topological polar surface area (TPSA) is 54.5 Å². The molecule has 0 aromatic rings. The van der Waals surface area contributed by atoms with E-state index in [1.54, 1.807) is 7.05 Å². The average Bonchev–Trinajstić information content (AvgIpc) is 1.96. The summed E-state index contributed by atoms with van der Waals surface area (Å²) in [6, 6.07) is 0. The second-order valence-electron chi connectivity index (χ2n) is 2.93. The maximum atomic E-state index is 11.2. The normalized spacial score (nSPS) is 11.3. The van der Waals surface area contributed by atoms with E-state index in [1.165, 1.54) is 4.90 Å². The third-order valence-electron chi connectivity index (χ3n) is 1.44. The van der Waals surface area contributed by atoms with Gasteiger partial charge in [0.2, 0.25) is 5.91 Å². The predicted molar refractivity (Wildman–Crippen MR) is 55.8 cm³/mol. The molecular weight excluding hydrogens is 258 g/mol. The molecule has 0 aliphatic carbocycles. The van der Waals surface area contributed by atoms with Crippen molar-refractivity contribution in [1.82, 2.24) is 4.90 Å². The smallest absolute Gasteiger partial charge is 0.237 e. The highest BCUT2D eigenvalue weighted by Gasteiger charge is 2.14. The Morgan fingerprint density at radius 3 is 2.38 bits per heavy atom. The van der Waals surface area contributed by atoms with E-state index >= 15 is 0 Å². The van der Waals surface area contributed by atoms with Crippen LogP contribution in [0.15, 0.2) is 0 Å². The minimum absolute atomic E-state index is 0.344. The van der Waals surface area contributed by atoms with Gasteiger partial charge in [-0.05, 0) is 6.42 Å². The minimum Gasteiger partial charge on any atom is -0.345 e. The van der Waals surface area contributed by atoms with Crippen molar-refractivity contribution in [3.8, 4) is 0 Å². The van der Waals surface area contributed by atoms with Crippen molar-refractivity contribution in [2.45, 2.75) is 6.42 Å². The zero-order valence-corrected chi connectivity index (χ0v) is 10.2. The Labute approximate surface area is 87.3 Å². The van der Waals surface area contributed by atoms with Crippen molar-refractivity contribution in [3.05, 3.63) is 0 Å². The van der Waals surface area contributed by atoms with Crippen molar-refractivity contribution in [2.75, 3.05) is 30.9 Å². The Kier molecular flexibility index (Phi) is 5.55. The first kappa shape index (κ1) is 12.9. The summed E-state index contributed by atoms with van der Waals surface area (Å²) in [5.41, 5.74) is 0. The van der Waals surface area contributed by atoms with E-state index < -0.39 is 15.6 Å². The molecule has 0 radical (unpaired) electrons. The van der Waals surface area contributed by atoms with Crippen LogP contribution in [0.25, 0.3) is 0 Å². The summed E-state index contributed by atoms with van der Waals surface area (Å²) in [5, 5.41) is 0.809. The predicted octanol–water partition coefficient (Wildman–Crippen LogP) is 0.274. The fourth-order valence-electron chi connectivity index (χ4n) is 0.756. The van der Waals surface area contributed by atoms with E-state index in [0.717, 1.165) is 18.0 Å². The molecule has 0 rings (SSSR count). The van der Waals surface area contributed by atoms with Crippen LogP contribution in [0.1, 0.15) is 6.42 Å². The highest BCUT2D eigenvalue weighted by Crippen LogP contribution is 1.94. The standard InChI is InChI=1S/C7H14BrNO3S/c1-9(5-3-4-8)7(10)6-13(2,11)12/h3-6H2,1-2H3. The third-order valence-corrected chi connectivity index (χ3v) is 2.77. The van der Waals surface area contributed by atoms with E-state index in [1.807, 2.05) is 0 Å². The van der Waals surface area contributed by atoms with Crippen LogP contribution in [-0.4, -0.2) is 50.2 Å². The van der Waals surface area contributed by atoms with Crippen LogP contribution in [-0.2, 0) is 14.6 Å². The number of amides is 1. The largest absolute Gasteiger partial charge is 0.345 e. The third kappa shape index (κ3) is 7.01. The first-order valence-corrected chi connectivity index (χ1v) is 7.02. The van der Waals surface area contributed by atoms with Crippen molar-refractivity contribution in [1.29, 1.82) is 0 Å². The van der Waals surface area contributed by atoms with Gasteiger partial charge < -0.3 is 4.90 Å². The Hall–Kier alpha value is -0.100. The van der Waals surface area contributed by atoms with E-state index in [-0.39, 0.29) is 5.91 Å². The molecule has 13 heavy (non-hydrogen) atoms. The van der Waals surface area contributed by atoms with Gasteiger partial charge >= 0.3 is 0 Å². The quantitative estimate of drug-likeness (QED) is 0.675. The molecule has 0 unspecified atom stereocenters. The van der Waals surface area contributed by atoms with Crippen LogP contribution in [0.3, 0.4) is 0 Å². The fourth-order valence-corrected chi connectivity index (χ4v) is 1.68. The molecule has 0 N–H and O–H groups in total. The Balaban J connectivity index is 3.97. The van der Waals surface area contributed by atoms with Gasteiger partial charge in [0.05, 0.1) is 0 Å². The monoisotopic (exact) mass is 271 g/mol. The van der Waals surface area contributed by atoms with Gasteiger partial charge in [0, 0.05) is 25.2 Å². The van der Waals surface area contributed by atoms with Crippen LogP contribution < -0.4 is 0 Å². The lowest BCUT2D eigenvalue weighted by atomic mass is 10.4. The number of nitrogens with zero attached hydrogens (tertiary/aromatic N) is 1. The number of alkyl halides is 1. The molecule has 0 bridgehead atoms. The summed E-state index contributed by atoms with van der Waals surface area (Å²) in [7, 11) is -1.59. The van der Waals surface area contributed by atoms with Gasteiger partial charge in [-0.15, -0.1) is 0 Å². The molecule has 0 atom stereocenters. The van der Waals surface area contributed by atoms with Crippen molar-refractivity contribution in [2.24, 2.45) is 0 Å². The number of sulfone groups is 1. The lowest BCUT2D eigenvalue weighted by Gasteiger charge is -2.15. The van der Waals surface area contributed by atoms with E-state index in [4.69, 9.17) is 0 Å². The fraction of sp³-hybridized carbons (Fsp3) is 0.857. The maximum Gasteiger partial charge on any atom is 0.237 e. The number of carbonyl (C=O) groups is 1. The minimum atomic E-state index is -3.20. The SMILES string of the molecule is CN(CCCBr)C(=O)CS(C)(=O)=O. The first-order chi connectivity index (χ1) is 5.87. The lowest BCUT2D eigenvalue weighted by Crippen LogP contribution is -2.33. The Morgan fingerprint density at radius 2 is 2.00 bits per heavy atom. The number of carbonyl (C=O) groups excluding carboxylic acids is 1. The van der Waals surface area contributed by atoms with Crippen LogP contribution in [0.5, 0.6) is 0 Å². The summed E-state index contributed by atoms with van der Waals surface area (Å²) < 4.78 is 21.5. The van der Waals surface area contributed by atoms with Crippen LogP contribution in [0.2, 0.25) is 0 Å². The van der Waals surface area contributed by atoms with Gasteiger partial charge in [-0.25, -0.2) is 8.42 Å². The molecule has 1 amide bonds. The van der Waals surface area contributed by atoms with E-state index in [2.05, 4.69) is 15.9 Å².